The zero-order valence-corrected chi connectivity index (χ0v) is 14.9. The van der Waals surface area contributed by atoms with Gasteiger partial charge in [0.25, 0.3) is 10.0 Å². The molecule has 0 heterocycles. The first kappa shape index (κ1) is 16.4. The van der Waals surface area contributed by atoms with Gasteiger partial charge in [-0.15, -0.1) is 4.83 Å². The molecule has 0 aliphatic heterocycles. The van der Waals surface area contributed by atoms with E-state index in [9.17, 15) is 13.2 Å². The molecule has 4 bridgehead atoms. The smallest absolute Gasteiger partial charge is 0.257 e. The van der Waals surface area contributed by atoms with Crippen LogP contribution in [0.1, 0.15) is 38.5 Å². The summed E-state index contributed by atoms with van der Waals surface area (Å²) in [6.45, 7) is 0. The van der Waals surface area contributed by atoms with Gasteiger partial charge in [-0.2, -0.15) is 0 Å². The number of halogens is 1. The van der Waals surface area contributed by atoms with Crippen molar-refractivity contribution in [1.29, 1.82) is 0 Å². The van der Waals surface area contributed by atoms with Crippen molar-refractivity contribution < 1.29 is 13.2 Å². The van der Waals surface area contributed by atoms with Crippen LogP contribution >= 0.6 is 11.6 Å². The van der Waals surface area contributed by atoms with Crippen LogP contribution in [0.4, 0.5) is 0 Å². The highest BCUT2D eigenvalue weighted by Gasteiger charge is 2.54. The molecule has 7 heteroatoms. The molecule has 4 fully saturated rings. The van der Waals surface area contributed by atoms with Crippen molar-refractivity contribution in [2.75, 3.05) is 0 Å². The van der Waals surface area contributed by atoms with Gasteiger partial charge < -0.3 is 0 Å². The van der Waals surface area contributed by atoms with E-state index >= 15 is 0 Å². The molecule has 2 N–H and O–H groups in total. The molecule has 4 aliphatic rings. The van der Waals surface area contributed by atoms with E-state index in [0.29, 0.717) is 22.8 Å². The first-order chi connectivity index (χ1) is 11.4. The number of carbonyl (C=O) groups excluding carboxylic acids is 1. The minimum atomic E-state index is -3.78. The lowest BCUT2D eigenvalue weighted by molar-refractivity contribution is -0.146. The van der Waals surface area contributed by atoms with E-state index in [1.807, 2.05) is 0 Å². The van der Waals surface area contributed by atoms with Crippen LogP contribution in [-0.4, -0.2) is 14.3 Å². The second kappa shape index (κ2) is 5.71. The molecule has 5 rings (SSSR count). The Balaban J connectivity index is 1.46. The summed E-state index contributed by atoms with van der Waals surface area (Å²) in [4.78, 5) is 15.1. The van der Waals surface area contributed by atoms with E-state index in [2.05, 4.69) is 10.3 Å². The van der Waals surface area contributed by atoms with Gasteiger partial charge in [-0.1, -0.05) is 11.6 Å². The van der Waals surface area contributed by atoms with Crippen molar-refractivity contribution in [3.05, 3.63) is 29.3 Å². The molecule has 1 aromatic carbocycles. The fourth-order valence-electron chi connectivity index (χ4n) is 5.31. The lowest BCUT2D eigenvalue weighted by atomic mass is 9.49. The average Bonchev–Trinajstić information content (AvgIpc) is 2.52. The van der Waals surface area contributed by atoms with Gasteiger partial charge in [-0.25, -0.2) is 8.42 Å². The largest absolute Gasteiger partial charge is 0.277 e. The number of rotatable bonds is 4. The van der Waals surface area contributed by atoms with E-state index < -0.39 is 10.0 Å². The maximum atomic E-state index is 12.8. The highest BCUT2D eigenvalue weighted by molar-refractivity contribution is 7.89. The first-order valence-corrected chi connectivity index (χ1v) is 10.3. The van der Waals surface area contributed by atoms with Crippen molar-refractivity contribution in [3.8, 4) is 0 Å². The third kappa shape index (κ3) is 2.85. The van der Waals surface area contributed by atoms with E-state index in [-0.39, 0.29) is 16.2 Å². The third-order valence-electron chi connectivity index (χ3n) is 5.94. The topological polar surface area (TPSA) is 75.3 Å². The number of benzene rings is 1. The molecule has 0 spiro atoms. The van der Waals surface area contributed by atoms with Gasteiger partial charge in [0, 0.05) is 5.02 Å². The number of sulfonamides is 1. The lowest BCUT2D eigenvalue weighted by Gasteiger charge is -2.55. The predicted molar refractivity (Wildman–Crippen MR) is 90.5 cm³/mol. The second-order valence-corrected chi connectivity index (χ2v) is 9.83. The maximum Gasteiger partial charge on any atom is 0.257 e. The highest BCUT2D eigenvalue weighted by Crippen LogP contribution is 2.60. The van der Waals surface area contributed by atoms with E-state index in [4.69, 9.17) is 11.6 Å². The van der Waals surface area contributed by atoms with Crippen LogP contribution in [0.2, 0.25) is 5.02 Å². The molecular formula is C17H21ClN2O3S. The number of nitrogens with one attached hydrogen (secondary N) is 2. The average molecular weight is 369 g/mol. The Labute approximate surface area is 147 Å². The molecule has 24 heavy (non-hydrogen) atoms. The van der Waals surface area contributed by atoms with Crippen LogP contribution < -0.4 is 10.3 Å². The number of hydrogen-bond acceptors (Lipinski definition) is 3. The summed E-state index contributed by atoms with van der Waals surface area (Å²) in [6.07, 6.45) is 6.41. The Morgan fingerprint density at radius 2 is 1.50 bits per heavy atom. The first-order valence-electron chi connectivity index (χ1n) is 8.44. The van der Waals surface area contributed by atoms with Crippen LogP contribution in [0.15, 0.2) is 29.2 Å². The summed E-state index contributed by atoms with van der Waals surface area (Å²) in [5.74, 6) is 1.73. The van der Waals surface area contributed by atoms with Crippen LogP contribution in [0.5, 0.6) is 0 Å². The van der Waals surface area contributed by atoms with Gasteiger partial charge >= 0.3 is 0 Å². The van der Waals surface area contributed by atoms with Crippen molar-refractivity contribution >= 4 is 27.5 Å². The molecule has 0 atom stereocenters. The highest BCUT2D eigenvalue weighted by atomic mass is 35.5. The quantitative estimate of drug-likeness (QED) is 0.802. The van der Waals surface area contributed by atoms with Crippen molar-refractivity contribution in [2.24, 2.45) is 23.2 Å². The fraction of sp³-hybridized carbons (Fsp3) is 0.588. The van der Waals surface area contributed by atoms with Gasteiger partial charge in [-0.05, 0) is 80.5 Å². The standard InChI is InChI=1S/C17H21ClN2O3S/c18-14-1-3-15(4-2-14)24(22,23)20-19-16(21)17-8-11-5-12(9-17)7-13(6-11)10-17/h1-4,11-13,20H,5-10H2,(H,19,21). The molecule has 1 aromatic rings. The van der Waals surface area contributed by atoms with Gasteiger partial charge in [0.15, 0.2) is 0 Å². The molecular weight excluding hydrogens is 348 g/mol. The Morgan fingerprint density at radius 1 is 1.00 bits per heavy atom. The Hall–Kier alpha value is -1.11. The number of carbonyl (C=O) groups is 1. The zero-order chi connectivity index (χ0) is 16.9. The molecule has 130 valence electrons. The summed E-state index contributed by atoms with van der Waals surface area (Å²) in [6, 6.07) is 5.86. The monoisotopic (exact) mass is 368 g/mol. The molecule has 0 radical (unpaired) electrons. The molecule has 0 unspecified atom stereocenters. The van der Waals surface area contributed by atoms with Gasteiger partial charge in [0.05, 0.1) is 10.3 Å². The molecule has 0 saturated heterocycles. The van der Waals surface area contributed by atoms with Crippen molar-refractivity contribution in [3.63, 3.8) is 0 Å². The molecule has 0 aromatic heterocycles. The number of hydrazine groups is 1. The van der Waals surface area contributed by atoms with Gasteiger partial charge in [0.2, 0.25) is 5.91 Å². The summed E-state index contributed by atoms with van der Waals surface area (Å²) < 4.78 is 24.6. The zero-order valence-electron chi connectivity index (χ0n) is 13.3. The minimum absolute atomic E-state index is 0.0812. The van der Waals surface area contributed by atoms with Crippen LogP contribution in [0.25, 0.3) is 0 Å². The third-order valence-corrected chi connectivity index (χ3v) is 7.46. The van der Waals surface area contributed by atoms with Crippen LogP contribution in [0.3, 0.4) is 0 Å². The second-order valence-electron chi connectivity index (χ2n) is 7.71. The maximum absolute atomic E-state index is 12.8. The molecule has 4 saturated carbocycles. The molecule has 5 nitrogen and oxygen atoms in total. The number of hydrogen-bond donors (Lipinski definition) is 2. The van der Waals surface area contributed by atoms with E-state index in [1.54, 1.807) is 0 Å². The van der Waals surface area contributed by atoms with Gasteiger partial charge in [-0.3, -0.25) is 10.2 Å². The van der Waals surface area contributed by atoms with E-state index in [0.717, 1.165) is 19.3 Å². The summed E-state index contributed by atoms with van der Waals surface area (Å²) in [5.41, 5.74) is 2.11. The fourth-order valence-corrected chi connectivity index (χ4v) is 6.27. The lowest BCUT2D eigenvalue weighted by Crippen LogP contribution is -2.56. The minimum Gasteiger partial charge on any atom is -0.277 e. The predicted octanol–water partition coefficient (Wildman–Crippen LogP) is 2.87. The molecule has 1 amide bonds. The number of amides is 1. The van der Waals surface area contributed by atoms with Crippen LogP contribution in [-0.2, 0) is 14.8 Å². The SMILES string of the molecule is O=C(NNS(=O)(=O)c1ccc(Cl)cc1)C12CC3CC(CC(C3)C1)C2. The normalized spacial score (nSPS) is 34.3. The van der Waals surface area contributed by atoms with Gasteiger partial charge in [0.1, 0.15) is 0 Å². The summed E-state index contributed by atoms with van der Waals surface area (Å²) in [7, 11) is -3.78. The van der Waals surface area contributed by atoms with Crippen molar-refractivity contribution in [1.82, 2.24) is 10.3 Å². The summed E-state index contributed by atoms with van der Waals surface area (Å²) in [5, 5.41) is 0.464. The Kier molecular flexibility index (Phi) is 3.90. The summed E-state index contributed by atoms with van der Waals surface area (Å²) >= 11 is 5.78. The molecule has 4 aliphatic carbocycles. The Bertz CT molecular complexity index is 725. The van der Waals surface area contributed by atoms with E-state index in [1.165, 1.54) is 43.5 Å². The van der Waals surface area contributed by atoms with Crippen LogP contribution in [0, 0.1) is 23.2 Å². The Morgan fingerprint density at radius 3 is 2.00 bits per heavy atom. The van der Waals surface area contributed by atoms with Crippen molar-refractivity contribution in [2.45, 2.75) is 43.4 Å².